The molecule has 0 bridgehead atoms. The quantitative estimate of drug-likeness (QED) is 0.800. The molecule has 1 aromatic carbocycles. The van der Waals surface area contributed by atoms with Gasteiger partial charge in [0, 0.05) is 11.4 Å². The van der Waals surface area contributed by atoms with Crippen LogP contribution in [-0.4, -0.2) is 24.0 Å². The summed E-state index contributed by atoms with van der Waals surface area (Å²) in [6, 6.07) is 7.28. The van der Waals surface area contributed by atoms with Gasteiger partial charge in [0.25, 0.3) is 0 Å². The second-order valence-electron chi connectivity index (χ2n) is 5.97. The molecule has 20 heavy (non-hydrogen) atoms. The van der Waals surface area contributed by atoms with Crippen molar-refractivity contribution in [2.45, 2.75) is 52.0 Å². The van der Waals surface area contributed by atoms with Crippen molar-refractivity contribution in [3.05, 3.63) is 35.6 Å². The van der Waals surface area contributed by atoms with Crippen molar-refractivity contribution < 1.29 is 4.42 Å². The molecule has 0 amide bonds. The van der Waals surface area contributed by atoms with Gasteiger partial charge in [0.1, 0.15) is 5.58 Å². The van der Waals surface area contributed by atoms with Gasteiger partial charge in [0.05, 0.1) is 6.26 Å². The van der Waals surface area contributed by atoms with Crippen molar-refractivity contribution in [3.63, 3.8) is 0 Å². The molecule has 1 unspecified atom stereocenters. The minimum Gasteiger partial charge on any atom is -0.464 e. The number of aryl methyl sites for hydroxylation is 1. The Morgan fingerprint density at radius 2 is 1.95 bits per heavy atom. The van der Waals surface area contributed by atoms with Gasteiger partial charge in [-0.1, -0.05) is 19.9 Å². The topological polar surface area (TPSA) is 16.4 Å². The van der Waals surface area contributed by atoms with Crippen LogP contribution in [-0.2, 0) is 12.8 Å². The molecule has 0 fully saturated rings. The van der Waals surface area contributed by atoms with Gasteiger partial charge in [-0.25, -0.2) is 0 Å². The average Bonchev–Trinajstić information content (AvgIpc) is 2.95. The smallest absolute Gasteiger partial charge is 0.134 e. The molecule has 0 saturated carbocycles. The van der Waals surface area contributed by atoms with Crippen LogP contribution in [0.1, 0.15) is 44.2 Å². The van der Waals surface area contributed by atoms with E-state index in [2.05, 4.69) is 36.9 Å². The number of furan rings is 1. The van der Waals surface area contributed by atoms with Crippen molar-refractivity contribution in [2.75, 3.05) is 13.1 Å². The second-order valence-corrected chi connectivity index (χ2v) is 5.97. The minimum absolute atomic E-state index is 0.728. The number of nitrogens with zero attached hydrogens (tertiary/aromatic N) is 1. The Labute approximate surface area is 121 Å². The summed E-state index contributed by atoms with van der Waals surface area (Å²) < 4.78 is 5.52. The van der Waals surface area contributed by atoms with Crippen LogP contribution in [0.2, 0.25) is 0 Å². The molecule has 1 atom stereocenters. The van der Waals surface area contributed by atoms with Crippen LogP contribution < -0.4 is 0 Å². The van der Waals surface area contributed by atoms with Crippen LogP contribution in [0.4, 0.5) is 0 Å². The van der Waals surface area contributed by atoms with E-state index < -0.39 is 0 Å². The Hall–Kier alpha value is -1.28. The van der Waals surface area contributed by atoms with E-state index in [1.807, 2.05) is 6.26 Å². The van der Waals surface area contributed by atoms with Crippen molar-refractivity contribution in [1.82, 2.24) is 4.90 Å². The molecule has 1 aromatic heterocycles. The van der Waals surface area contributed by atoms with Gasteiger partial charge in [-0.2, -0.15) is 0 Å². The third-order valence-electron chi connectivity index (χ3n) is 4.56. The van der Waals surface area contributed by atoms with E-state index in [0.29, 0.717) is 0 Å². The Balaban J connectivity index is 1.83. The molecular weight excluding hydrogens is 246 g/mol. The normalized spacial score (nSPS) is 18.6. The van der Waals surface area contributed by atoms with Gasteiger partial charge in [0.15, 0.2) is 0 Å². The zero-order valence-electron chi connectivity index (χ0n) is 12.7. The molecule has 0 aliphatic heterocycles. The molecular formula is C18H25NO. The summed E-state index contributed by atoms with van der Waals surface area (Å²) in [7, 11) is 0. The highest BCUT2D eigenvalue weighted by Gasteiger charge is 2.24. The second kappa shape index (κ2) is 6.01. The monoisotopic (exact) mass is 271 g/mol. The number of fused-ring (bicyclic) bond motifs is 3. The Morgan fingerprint density at radius 3 is 2.70 bits per heavy atom. The van der Waals surface area contributed by atoms with Crippen molar-refractivity contribution in [3.8, 4) is 0 Å². The van der Waals surface area contributed by atoms with Gasteiger partial charge in [-0.05, 0) is 68.5 Å². The highest BCUT2D eigenvalue weighted by molar-refractivity contribution is 5.82. The third kappa shape index (κ3) is 2.49. The molecule has 1 heterocycles. The van der Waals surface area contributed by atoms with Gasteiger partial charge < -0.3 is 9.32 Å². The molecule has 2 aromatic rings. The van der Waals surface area contributed by atoms with Crippen molar-refractivity contribution >= 4 is 11.0 Å². The minimum atomic E-state index is 0.728. The molecule has 108 valence electrons. The summed E-state index contributed by atoms with van der Waals surface area (Å²) in [6.45, 7) is 7.05. The highest BCUT2D eigenvalue weighted by Crippen LogP contribution is 2.31. The lowest BCUT2D eigenvalue weighted by atomic mass is 9.85. The van der Waals surface area contributed by atoms with Gasteiger partial charge >= 0.3 is 0 Å². The van der Waals surface area contributed by atoms with E-state index in [9.17, 15) is 0 Å². The lowest BCUT2D eigenvalue weighted by molar-refractivity contribution is 0.180. The molecule has 0 N–H and O–H groups in total. The fraction of sp³-hybridized carbons (Fsp3) is 0.556. The molecule has 2 nitrogen and oxygen atoms in total. The highest BCUT2D eigenvalue weighted by atomic mass is 16.3. The summed E-state index contributed by atoms with van der Waals surface area (Å²) in [6.07, 6.45) is 8.01. The van der Waals surface area contributed by atoms with Crippen LogP contribution in [0.25, 0.3) is 11.0 Å². The van der Waals surface area contributed by atoms with Gasteiger partial charge in [-0.15, -0.1) is 0 Å². The lowest BCUT2D eigenvalue weighted by Crippen LogP contribution is -2.40. The summed E-state index contributed by atoms with van der Waals surface area (Å²) in [5, 5.41) is 1.33. The largest absolute Gasteiger partial charge is 0.464 e. The van der Waals surface area contributed by atoms with E-state index in [1.165, 1.54) is 61.7 Å². The Kier molecular flexibility index (Phi) is 4.11. The zero-order chi connectivity index (χ0) is 13.9. The van der Waals surface area contributed by atoms with Crippen LogP contribution in [0, 0.1) is 0 Å². The Morgan fingerprint density at radius 1 is 1.15 bits per heavy atom. The maximum absolute atomic E-state index is 5.52. The van der Waals surface area contributed by atoms with Crippen molar-refractivity contribution in [2.24, 2.45) is 0 Å². The SMILES string of the molecule is CCCN(CCC)C1CCc2c(ccc3occc23)C1. The maximum atomic E-state index is 5.52. The number of rotatable bonds is 5. The molecule has 3 rings (SSSR count). The van der Waals surface area contributed by atoms with E-state index in [4.69, 9.17) is 4.42 Å². The van der Waals surface area contributed by atoms with Crippen LogP contribution in [0.3, 0.4) is 0 Å². The first kappa shape index (κ1) is 13.7. The third-order valence-corrected chi connectivity index (χ3v) is 4.56. The predicted molar refractivity (Wildman–Crippen MR) is 84.2 cm³/mol. The molecule has 1 aliphatic carbocycles. The summed E-state index contributed by atoms with van der Waals surface area (Å²) in [5.74, 6) is 0. The van der Waals surface area contributed by atoms with Crippen LogP contribution in [0.15, 0.2) is 28.9 Å². The number of benzene rings is 1. The summed E-state index contributed by atoms with van der Waals surface area (Å²) in [5.41, 5.74) is 4.11. The summed E-state index contributed by atoms with van der Waals surface area (Å²) >= 11 is 0. The predicted octanol–water partition coefficient (Wildman–Crippen LogP) is 4.41. The van der Waals surface area contributed by atoms with Crippen molar-refractivity contribution in [1.29, 1.82) is 0 Å². The molecule has 0 radical (unpaired) electrons. The zero-order valence-corrected chi connectivity index (χ0v) is 12.7. The fourth-order valence-electron chi connectivity index (χ4n) is 3.67. The van der Waals surface area contributed by atoms with Gasteiger partial charge in [0.2, 0.25) is 0 Å². The first-order chi connectivity index (χ1) is 9.83. The number of hydrogen-bond acceptors (Lipinski definition) is 2. The van der Waals surface area contributed by atoms with Crippen LogP contribution in [0.5, 0.6) is 0 Å². The van der Waals surface area contributed by atoms with Gasteiger partial charge in [-0.3, -0.25) is 0 Å². The first-order valence-corrected chi connectivity index (χ1v) is 8.05. The van der Waals surface area contributed by atoms with E-state index in [1.54, 1.807) is 0 Å². The molecule has 1 aliphatic rings. The molecule has 2 heteroatoms. The van der Waals surface area contributed by atoms with E-state index in [0.717, 1.165) is 11.6 Å². The van der Waals surface area contributed by atoms with Crippen LogP contribution >= 0.6 is 0 Å². The molecule has 0 spiro atoms. The van der Waals surface area contributed by atoms with E-state index >= 15 is 0 Å². The molecule has 0 saturated heterocycles. The first-order valence-electron chi connectivity index (χ1n) is 8.05. The lowest BCUT2D eigenvalue weighted by Gasteiger charge is -2.35. The fourth-order valence-corrected chi connectivity index (χ4v) is 3.67. The average molecular weight is 271 g/mol. The summed E-state index contributed by atoms with van der Waals surface area (Å²) in [4.78, 5) is 2.70. The Bertz CT molecular complexity index is 566. The standard InChI is InChI=1S/C18H25NO/c1-3-10-19(11-4-2)15-6-7-16-14(13-15)5-8-18-17(16)9-12-20-18/h5,8-9,12,15H,3-4,6-7,10-11,13H2,1-2H3. The maximum Gasteiger partial charge on any atom is 0.134 e. The van der Waals surface area contributed by atoms with E-state index in [-0.39, 0.29) is 0 Å². The number of hydrogen-bond donors (Lipinski definition) is 0.